The van der Waals surface area contributed by atoms with E-state index in [1.807, 2.05) is 0 Å². The third kappa shape index (κ3) is 4.05. The van der Waals surface area contributed by atoms with Crippen molar-refractivity contribution in [1.82, 2.24) is 10.6 Å². The highest BCUT2D eigenvalue weighted by molar-refractivity contribution is 7.85. The summed E-state index contributed by atoms with van der Waals surface area (Å²) in [5.74, 6) is -0.108. The van der Waals surface area contributed by atoms with E-state index in [2.05, 4.69) is 10.6 Å². The van der Waals surface area contributed by atoms with Crippen LogP contribution < -0.4 is 10.6 Å². The Kier molecular flexibility index (Phi) is 4.57. The molecule has 2 aliphatic rings. The number of nitrogens with one attached hydrogen (secondary N) is 2. The Morgan fingerprint density at radius 2 is 1.84 bits per heavy atom. The molecule has 2 atom stereocenters. The summed E-state index contributed by atoms with van der Waals surface area (Å²) in [7, 11) is -0.738. The lowest BCUT2D eigenvalue weighted by atomic mass is 10.1. The highest BCUT2D eigenvalue weighted by Gasteiger charge is 2.26. The van der Waals surface area contributed by atoms with Crippen LogP contribution in [0.4, 0.5) is 4.79 Å². The molecule has 0 aromatic carbocycles. The van der Waals surface area contributed by atoms with Gasteiger partial charge in [-0.25, -0.2) is 4.79 Å². The number of carboxylic acid groups (broad SMARTS) is 1. The van der Waals surface area contributed by atoms with Gasteiger partial charge in [0, 0.05) is 28.3 Å². The van der Waals surface area contributed by atoms with Crippen LogP contribution in [-0.2, 0) is 15.6 Å². The molecule has 7 heteroatoms. The summed E-state index contributed by atoms with van der Waals surface area (Å²) >= 11 is 0. The Morgan fingerprint density at radius 3 is 2.42 bits per heavy atom. The summed E-state index contributed by atoms with van der Waals surface area (Å²) in [5.41, 5.74) is 0. The maximum absolute atomic E-state index is 11.7. The van der Waals surface area contributed by atoms with E-state index in [1.165, 1.54) is 0 Å². The second-order valence-electron chi connectivity index (χ2n) is 4.91. The molecule has 2 rings (SSSR count). The number of carbonyl (C=O) groups is 2. The van der Waals surface area contributed by atoms with Crippen molar-refractivity contribution in [3.63, 3.8) is 0 Å². The molecule has 0 spiro atoms. The summed E-state index contributed by atoms with van der Waals surface area (Å²) in [4.78, 5) is 22.5. The molecule has 0 radical (unpaired) electrons. The van der Waals surface area contributed by atoms with Gasteiger partial charge in [0.1, 0.15) is 0 Å². The molecule has 3 N–H and O–H groups in total. The highest BCUT2D eigenvalue weighted by Crippen LogP contribution is 2.18. The minimum atomic E-state index is -0.865. The lowest BCUT2D eigenvalue weighted by molar-refractivity contribution is -0.140. The van der Waals surface area contributed by atoms with Gasteiger partial charge in [-0.2, -0.15) is 0 Å². The Balaban J connectivity index is 1.72. The third-order valence-electron chi connectivity index (χ3n) is 3.44. The van der Waals surface area contributed by atoms with Crippen molar-refractivity contribution in [3.05, 3.63) is 12.2 Å². The molecule has 1 aliphatic carbocycles. The predicted octanol–water partition coefficient (Wildman–Crippen LogP) is 0.226. The SMILES string of the molecule is O=C(NC1C=CC(C(=O)O)C1)NC1CCS(=O)CC1. The van der Waals surface area contributed by atoms with Crippen LogP contribution in [0.15, 0.2) is 12.2 Å². The summed E-state index contributed by atoms with van der Waals surface area (Å²) < 4.78 is 11.2. The van der Waals surface area contributed by atoms with Crippen LogP contribution >= 0.6 is 0 Å². The first kappa shape index (κ1) is 14.0. The molecule has 2 unspecified atom stereocenters. The van der Waals surface area contributed by atoms with Crippen molar-refractivity contribution in [3.8, 4) is 0 Å². The first-order valence-electron chi connectivity index (χ1n) is 6.37. The highest BCUT2D eigenvalue weighted by atomic mass is 32.2. The summed E-state index contributed by atoms with van der Waals surface area (Å²) in [6.45, 7) is 0. The van der Waals surface area contributed by atoms with Gasteiger partial charge >= 0.3 is 12.0 Å². The summed E-state index contributed by atoms with van der Waals surface area (Å²) in [6, 6.07) is -0.435. The topological polar surface area (TPSA) is 95.5 Å². The Bertz CT molecular complexity index is 414. The number of amides is 2. The van der Waals surface area contributed by atoms with E-state index in [1.54, 1.807) is 12.2 Å². The van der Waals surface area contributed by atoms with E-state index >= 15 is 0 Å². The molecule has 106 valence electrons. The van der Waals surface area contributed by atoms with Crippen molar-refractivity contribution in [2.45, 2.75) is 31.3 Å². The van der Waals surface area contributed by atoms with Gasteiger partial charge < -0.3 is 15.7 Å². The molecule has 0 saturated carbocycles. The number of hydrogen-bond donors (Lipinski definition) is 3. The van der Waals surface area contributed by atoms with Crippen LogP contribution in [-0.4, -0.2) is 44.9 Å². The average molecular weight is 286 g/mol. The molecular formula is C12H18N2O4S. The first-order chi connectivity index (χ1) is 9.04. The van der Waals surface area contributed by atoms with Crippen LogP contribution in [0, 0.1) is 5.92 Å². The number of hydrogen-bond acceptors (Lipinski definition) is 3. The van der Waals surface area contributed by atoms with Crippen LogP contribution in [0.3, 0.4) is 0 Å². The van der Waals surface area contributed by atoms with Gasteiger partial charge in [-0.1, -0.05) is 12.2 Å². The molecular weight excluding hydrogens is 268 g/mol. The van der Waals surface area contributed by atoms with Crippen LogP contribution in [0.25, 0.3) is 0 Å². The van der Waals surface area contributed by atoms with Gasteiger partial charge in [0.15, 0.2) is 0 Å². The third-order valence-corrected chi connectivity index (χ3v) is 4.82. The quantitative estimate of drug-likeness (QED) is 0.647. The average Bonchev–Trinajstić information content (AvgIpc) is 2.80. The Labute approximate surface area is 114 Å². The number of aliphatic carboxylic acids is 1. The minimum Gasteiger partial charge on any atom is -0.481 e. The largest absolute Gasteiger partial charge is 0.481 e. The van der Waals surface area contributed by atoms with Gasteiger partial charge in [0.2, 0.25) is 0 Å². The van der Waals surface area contributed by atoms with Crippen molar-refractivity contribution in [2.24, 2.45) is 5.92 Å². The summed E-state index contributed by atoms with van der Waals surface area (Å²) in [6.07, 6.45) is 5.19. The molecule has 1 fully saturated rings. The second kappa shape index (κ2) is 6.18. The zero-order valence-corrected chi connectivity index (χ0v) is 11.3. The lowest BCUT2D eigenvalue weighted by Crippen LogP contribution is -2.47. The standard InChI is InChI=1S/C12H18N2O4S/c15-11(16)8-1-2-10(7-8)14-12(17)13-9-3-5-19(18)6-4-9/h1-2,8-10H,3-7H2,(H,15,16)(H2,13,14,17). The lowest BCUT2D eigenvalue weighted by Gasteiger charge is -2.23. The van der Waals surface area contributed by atoms with E-state index in [4.69, 9.17) is 5.11 Å². The number of carbonyl (C=O) groups excluding carboxylic acids is 1. The molecule has 1 saturated heterocycles. The van der Waals surface area contributed by atoms with Gasteiger partial charge in [-0.3, -0.25) is 9.00 Å². The van der Waals surface area contributed by atoms with E-state index in [0.717, 1.165) is 12.8 Å². The van der Waals surface area contributed by atoms with Gasteiger partial charge in [0.05, 0.1) is 12.0 Å². The fourth-order valence-electron chi connectivity index (χ4n) is 2.32. The van der Waals surface area contributed by atoms with Crippen LogP contribution in [0.1, 0.15) is 19.3 Å². The predicted molar refractivity (Wildman–Crippen MR) is 71.2 cm³/mol. The van der Waals surface area contributed by atoms with E-state index in [0.29, 0.717) is 17.9 Å². The van der Waals surface area contributed by atoms with E-state index < -0.39 is 22.7 Å². The molecule has 1 heterocycles. The van der Waals surface area contributed by atoms with Crippen molar-refractivity contribution in [1.29, 1.82) is 0 Å². The van der Waals surface area contributed by atoms with E-state index in [-0.39, 0.29) is 18.1 Å². The molecule has 1 aliphatic heterocycles. The zero-order valence-electron chi connectivity index (χ0n) is 10.5. The zero-order chi connectivity index (χ0) is 13.8. The fourth-order valence-corrected chi connectivity index (χ4v) is 3.62. The number of carboxylic acids is 1. The maximum atomic E-state index is 11.7. The van der Waals surface area contributed by atoms with Crippen molar-refractivity contribution in [2.75, 3.05) is 11.5 Å². The van der Waals surface area contributed by atoms with Crippen LogP contribution in [0.2, 0.25) is 0 Å². The normalized spacial score (nSPS) is 33.9. The fraction of sp³-hybridized carbons (Fsp3) is 0.667. The van der Waals surface area contributed by atoms with Gasteiger partial charge in [-0.05, 0) is 19.3 Å². The van der Waals surface area contributed by atoms with E-state index in [9.17, 15) is 13.8 Å². The van der Waals surface area contributed by atoms with Crippen molar-refractivity contribution >= 4 is 22.8 Å². The smallest absolute Gasteiger partial charge is 0.315 e. The monoisotopic (exact) mass is 286 g/mol. The van der Waals surface area contributed by atoms with Crippen molar-refractivity contribution < 1.29 is 18.9 Å². The Morgan fingerprint density at radius 1 is 1.16 bits per heavy atom. The molecule has 0 aromatic heterocycles. The summed E-state index contributed by atoms with van der Waals surface area (Å²) in [5, 5.41) is 14.4. The molecule has 2 amide bonds. The maximum Gasteiger partial charge on any atom is 0.315 e. The molecule has 6 nitrogen and oxygen atoms in total. The molecule has 0 bridgehead atoms. The Hall–Kier alpha value is -1.37. The molecule has 0 aromatic rings. The number of urea groups is 1. The molecule has 19 heavy (non-hydrogen) atoms. The number of rotatable bonds is 3. The first-order valence-corrected chi connectivity index (χ1v) is 7.86. The minimum absolute atomic E-state index is 0.0679. The van der Waals surface area contributed by atoms with Crippen LogP contribution in [0.5, 0.6) is 0 Å². The van der Waals surface area contributed by atoms with Gasteiger partial charge in [-0.15, -0.1) is 0 Å². The van der Waals surface area contributed by atoms with Gasteiger partial charge in [0.25, 0.3) is 0 Å². The second-order valence-corrected chi connectivity index (χ2v) is 6.61.